The van der Waals surface area contributed by atoms with Gasteiger partial charge in [-0.1, -0.05) is 23.2 Å². The summed E-state index contributed by atoms with van der Waals surface area (Å²) >= 11 is 11.8. The van der Waals surface area contributed by atoms with E-state index in [1.807, 2.05) is 18.2 Å². The van der Waals surface area contributed by atoms with Crippen LogP contribution in [0.25, 0.3) is 11.3 Å². The predicted octanol–water partition coefficient (Wildman–Crippen LogP) is 4.13. The molecular weight excluding hydrogens is 268 g/mol. The molecule has 0 aliphatic heterocycles. The Labute approximate surface area is 110 Å². The van der Waals surface area contributed by atoms with Crippen LogP contribution in [0.15, 0.2) is 34.7 Å². The number of nitrogens with two attached hydrogens (primary N) is 1. The predicted molar refractivity (Wildman–Crippen MR) is 69.3 cm³/mol. The van der Waals surface area contributed by atoms with Crippen LogP contribution >= 0.6 is 35.6 Å². The van der Waals surface area contributed by atoms with Crippen LogP contribution < -0.4 is 5.73 Å². The van der Waals surface area contributed by atoms with E-state index in [9.17, 15) is 0 Å². The van der Waals surface area contributed by atoms with Gasteiger partial charge < -0.3 is 10.2 Å². The summed E-state index contributed by atoms with van der Waals surface area (Å²) in [6.07, 6.45) is 0. The average Bonchev–Trinajstić information content (AvgIpc) is 2.66. The molecule has 0 radical (unpaired) electrons. The molecule has 0 aliphatic rings. The maximum Gasteiger partial charge on any atom is 0.135 e. The standard InChI is InChI=1S/C11H9Cl2NO.ClH/c12-7-1-3-9(10(13)5-7)11-4-2-8(6-14)15-11;/h1-5H,6,14H2;1H. The summed E-state index contributed by atoms with van der Waals surface area (Å²) in [5.74, 6) is 1.44. The molecule has 16 heavy (non-hydrogen) atoms. The van der Waals surface area contributed by atoms with Gasteiger partial charge in [-0.3, -0.25) is 0 Å². The Morgan fingerprint density at radius 1 is 1.12 bits per heavy atom. The highest BCUT2D eigenvalue weighted by Crippen LogP contribution is 2.31. The fourth-order valence-corrected chi connectivity index (χ4v) is 1.82. The number of benzene rings is 1. The summed E-state index contributed by atoms with van der Waals surface area (Å²) in [6.45, 7) is 0.380. The van der Waals surface area contributed by atoms with Crippen molar-refractivity contribution >= 4 is 35.6 Å². The van der Waals surface area contributed by atoms with E-state index in [0.29, 0.717) is 22.4 Å². The lowest BCUT2D eigenvalue weighted by Crippen LogP contribution is -1.92. The quantitative estimate of drug-likeness (QED) is 0.897. The molecule has 5 heteroatoms. The van der Waals surface area contributed by atoms with E-state index in [1.54, 1.807) is 12.1 Å². The summed E-state index contributed by atoms with van der Waals surface area (Å²) in [5, 5.41) is 1.18. The third-order valence-electron chi connectivity index (χ3n) is 2.06. The molecule has 2 nitrogen and oxygen atoms in total. The molecule has 2 rings (SSSR count). The molecule has 0 saturated carbocycles. The Kier molecular flexibility index (Phi) is 4.69. The lowest BCUT2D eigenvalue weighted by atomic mass is 10.2. The minimum Gasteiger partial charge on any atom is -0.460 e. The smallest absolute Gasteiger partial charge is 0.135 e. The van der Waals surface area contributed by atoms with Gasteiger partial charge in [-0.15, -0.1) is 12.4 Å². The Morgan fingerprint density at radius 3 is 2.44 bits per heavy atom. The first kappa shape index (κ1) is 13.4. The van der Waals surface area contributed by atoms with Gasteiger partial charge in [0.15, 0.2) is 0 Å². The first-order chi connectivity index (χ1) is 7.20. The Hall–Kier alpha value is -0.670. The molecule has 0 unspecified atom stereocenters. The van der Waals surface area contributed by atoms with E-state index in [-0.39, 0.29) is 12.4 Å². The third kappa shape index (κ3) is 2.71. The molecule has 0 amide bonds. The average molecular weight is 279 g/mol. The van der Waals surface area contributed by atoms with E-state index in [1.165, 1.54) is 0 Å². The van der Waals surface area contributed by atoms with E-state index >= 15 is 0 Å². The fraction of sp³-hybridized carbons (Fsp3) is 0.0909. The van der Waals surface area contributed by atoms with Crippen molar-refractivity contribution in [2.45, 2.75) is 6.54 Å². The summed E-state index contributed by atoms with van der Waals surface area (Å²) in [4.78, 5) is 0. The van der Waals surface area contributed by atoms with Crippen molar-refractivity contribution in [1.82, 2.24) is 0 Å². The zero-order valence-corrected chi connectivity index (χ0v) is 10.6. The molecular formula is C11H10Cl3NO. The van der Waals surface area contributed by atoms with Crippen LogP contribution in [-0.4, -0.2) is 0 Å². The maximum absolute atomic E-state index is 6.04. The van der Waals surface area contributed by atoms with Crippen LogP contribution in [0.2, 0.25) is 10.0 Å². The van der Waals surface area contributed by atoms with Gasteiger partial charge in [0.2, 0.25) is 0 Å². The third-order valence-corrected chi connectivity index (χ3v) is 2.61. The van der Waals surface area contributed by atoms with Gasteiger partial charge in [-0.05, 0) is 30.3 Å². The Balaban J connectivity index is 0.00000128. The molecule has 2 aromatic rings. The maximum atomic E-state index is 6.04. The second-order valence-electron chi connectivity index (χ2n) is 3.09. The molecule has 2 N–H and O–H groups in total. The van der Waals surface area contributed by atoms with E-state index in [0.717, 1.165) is 11.3 Å². The molecule has 0 spiro atoms. The van der Waals surface area contributed by atoms with Gasteiger partial charge in [0.25, 0.3) is 0 Å². The fourth-order valence-electron chi connectivity index (χ4n) is 1.32. The monoisotopic (exact) mass is 277 g/mol. The molecule has 1 heterocycles. The summed E-state index contributed by atoms with van der Waals surface area (Å²) < 4.78 is 5.49. The SMILES string of the molecule is Cl.NCc1ccc(-c2ccc(Cl)cc2Cl)o1. The summed E-state index contributed by atoms with van der Waals surface area (Å²) in [5.41, 5.74) is 6.28. The Bertz CT molecular complexity index is 482. The van der Waals surface area contributed by atoms with Crippen molar-refractivity contribution < 1.29 is 4.42 Å². The minimum absolute atomic E-state index is 0. The van der Waals surface area contributed by atoms with Crippen molar-refractivity contribution in [3.8, 4) is 11.3 Å². The van der Waals surface area contributed by atoms with Gasteiger partial charge in [-0.25, -0.2) is 0 Å². The first-order valence-corrected chi connectivity index (χ1v) is 5.20. The van der Waals surface area contributed by atoms with Gasteiger partial charge in [0.1, 0.15) is 11.5 Å². The van der Waals surface area contributed by atoms with Crippen molar-refractivity contribution in [2.24, 2.45) is 5.73 Å². The molecule has 0 bridgehead atoms. The largest absolute Gasteiger partial charge is 0.460 e. The molecule has 1 aromatic heterocycles. The van der Waals surface area contributed by atoms with Gasteiger partial charge in [0, 0.05) is 10.6 Å². The van der Waals surface area contributed by atoms with E-state index in [4.69, 9.17) is 33.4 Å². The molecule has 86 valence electrons. The molecule has 0 aliphatic carbocycles. The highest BCUT2D eigenvalue weighted by Gasteiger charge is 2.08. The lowest BCUT2D eigenvalue weighted by molar-refractivity contribution is 0.525. The van der Waals surface area contributed by atoms with Crippen LogP contribution in [0, 0.1) is 0 Å². The van der Waals surface area contributed by atoms with Gasteiger partial charge >= 0.3 is 0 Å². The van der Waals surface area contributed by atoms with E-state index < -0.39 is 0 Å². The Morgan fingerprint density at radius 2 is 1.88 bits per heavy atom. The number of hydrogen-bond donors (Lipinski definition) is 1. The zero-order valence-electron chi connectivity index (χ0n) is 8.24. The van der Waals surface area contributed by atoms with Crippen LogP contribution in [0.1, 0.15) is 5.76 Å². The number of furan rings is 1. The van der Waals surface area contributed by atoms with Crippen LogP contribution in [0.3, 0.4) is 0 Å². The van der Waals surface area contributed by atoms with Crippen LogP contribution in [0.5, 0.6) is 0 Å². The second kappa shape index (κ2) is 5.60. The highest BCUT2D eigenvalue weighted by atomic mass is 35.5. The van der Waals surface area contributed by atoms with Gasteiger partial charge in [0.05, 0.1) is 11.6 Å². The number of rotatable bonds is 2. The normalized spacial score (nSPS) is 9.94. The number of hydrogen-bond acceptors (Lipinski definition) is 2. The van der Waals surface area contributed by atoms with Crippen molar-refractivity contribution in [1.29, 1.82) is 0 Å². The highest BCUT2D eigenvalue weighted by molar-refractivity contribution is 6.36. The summed E-state index contributed by atoms with van der Waals surface area (Å²) in [6, 6.07) is 8.96. The molecule has 0 fully saturated rings. The number of halogens is 3. The minimum atomic E-state index is 0. The van der Waals surface area contributed by atoms with Crippen molar-refractivity contribution in [3.05, 3.63) is 46.1 Å². The first-order valence-electron chi connectivity index (χ1n) is 4.45. The lowest BCUT2D eigenvalue weighted by Gasteiger charge is -2.00. The second-order valence-corrected chi connectivity index (χ2v) is 3.94. The molecule has 1 aromatic carbocycles. The zero-order chi connectivity index (χ0) is 10.8. The van der Waals surface area contributed by atoms with Gasteiger partial charge in [-0.2, -0.15) is 0 Å². The topological polar surface area (TPSA) is 39.2 Å². The van der Waals surface area contributed by atoms with Crippen LogP contribution in [0.4, 0.5) is 0 Å². The van der Waals surface area contributed by atoms with Crippen molar-refractivity contribution in [2.75, 3.05) is 0 Å². The molecule has 0 saturated heterocycles. The van der Waals surface area contributed by atoms with Crippen LogP contribution in [-0.2, 0) is 6.54 Å². The van der Waals surface area contributed by atoms with E-state index in [2.05, 4.69) is 0 Å². The van der Waals surface area contributed by atoms with Crippen molar-refractivity contribution in [3.63, 3.8) is 0 Å². The summed E-state index contributed by atoms with van der Waals surface area (Å²) in [7, 11) is 0. The molecule has 0 atom stereocenters.